The third-order valence-corrected chi connectivity index (χ3v) is 4.26. The molecule has 0 spiro atoms. The van der Waals surface area contributed by atoms with Crippen molar-refractivity contribution in [1.82, 2.24) is 5.32 Å². The van der Waals surface area contributed by atoms with Gasteiger partial charge in [-0.15, -0.1) is 0 Å². The summed E-state index contributed by atoms with van der Waals surface area (Å²) in [5, 5.41) is 3.37. The van der Waals surface area contributed by atoms with Gasteiger partial charge in [0.25, 0.3) is 0 Å². The maximum absolute atomic E-state index is 3.37. The number of hydrogen-bond acceptors (Lipinski definition) is 2. The summed E-state index contributed by atoms with van der Waals surface area (Å²) < 4.78 is 0. The predicted molar refractivity (Wildman–Crippen MR) is 72.3 cm³/mol. The number of benzene rings is 1. The van der Waals surface area contributed by atoms with Gasteiger partial charge in [0, 0.05) is 24.8 Å². The van der Waals surface area contributed by atoms with E-state index in [-0.39, 0.29) is 0 Å². The summed E-state index contributed by atoms with van der Waals surface area (Å²) in [6.45, 7) is 5.47. The maximum Gasteiger partial charge on any atom is 0.0369 e. The van der Waals surface area contributed by atoms with Crippen LogP contribution in [-0.2, 0) is 6.54 Å². The molecule has 2 fully saturated rings. The van der Waals surface area contributed by atoms with Crippen molar-refractivity contribution >= 4 is 5.69 Å². The first-order valence-electron chi connectivity index (χ1n) is 6.93. The first-order chi connectivity index (χ1) is 8.36. The third-order valence-electron chi connectivity index (χ3n) is 4.26. The zero-order valence-corrected chi connectivity index (χ0v) is 10.7. The number of fused-ring (bicyclic) bond motifs is 2. The highest BCUT2D eigenvalue weighted by Gasteiger charge is 2.37. The third kappa shape index (κ3) is 2.19. The summed E-state index contributed by atoms with van der Waals surface area (Å²) in [6, 6.07) is 9.97. The molecule has 92 valence electrons. The fraction of sp³-hybridized carbons (Fsp3) is 0.600. The topological polar surface area (TPSA) is 15.3 Å². The molecule has 17 heavy (non-hydrogen) atoms. The van der Waals surface area contributed by atoms with Gasteiger partial charge in [0.05, 0.1) is 0 Å². The van der Waals surface area contributed by atoms with Crippen LogP contribution in [-0.4, -0.2) is 19.1 Å². The van der Waals surface area contributed by atoms with Crippen LogP contribution >= 0.6 is 0 Å². The quantitative estimate of drug-likeness (QED) is 0.855. The molecule has 2 nitrogen and oxygen atoms in total. The molecule has 1 heterocycles. The van der Waals surface area contributed by atoms with Crippen LogP contribution in [0, 0.1) is 5.92 Å². The Bertz CT molecular complexity index is 371. The lowest BCUT2D eigenvalue weighted by Crippen LogP contribution is -2.31. The minimum atomic E-state index is 0.833. The molecule has 2 bridgehead atoms. The van der Waals surface area contributed by atoms with E-state index in [9.17, 15) is 0 Å². The zero-order chi connectivity index (χ0) is 11.7. The summed E-state index contributed by atoms with van der Waals surface area (Å²) in [4.78, 5) is 2.62. The van der Waals surface area contributed by atoms with E-state index in [0.29, 0.717) is 0 Å². The number of piperidine rings is 1. The van der Waals surface area contributed by atoms with Gasteiger partial charge in [0.2, 0.25) is 0 Å². The van der Waals surface area contributed by atoms with Crippen molar-refractivity contribution in [2.45, 2.75) is 38.8 Å². The van der Waals surface area contributed by atoms with Crippen molar-refractivity contribution in [3.8, 4) is 0 Å². The van der Waals surface area contributed by atoms with E-state index >= 15 is 0 Å². The molecular weight excluding hydrogens is 208 g/mol. The van der Waals surface area contributed by atoms with E-state index in [4.69, 9.17) is 0 Å². The Kier molecular flexibility index (Phi) is 3.06. The maximum atomic E-state index is 3.37. The molecule has 2 atom stereocenters. The van der Waals surface area contributed by atoms with Gasteiger partial charge in [0.15, 0.2) is 0 Å². The number of anilines is 1. The minimum absolute atomic E-state index is 0.833. The normalized spacial score (nSPS) is 26.8. The molecule has 1 aromatic carbocycles. The van der Waals surface area contributed by atoms with E-state index in [2.05, 4.69) is 41.4 Å². The summed E-state index contributed by atoms with van der Waals surface area (Å²) in [6.07, 6.45) is 4.29. The first-order valence-corrected chi connectivity index (χ1v) is 6.93. The Morgan fingerprint density at radius 2 is 2.06 bits per heavy atom. The Morgan fingerprint density at radius 3 is 2.65 bits per heavy atom. The molecule has 1 saturated carbocycles. The molecule has 2 heteroatoms. The molecule has 1 aromatic rings. The summed E-state index contributed by atoms with van der Waals surface area (Å²) >= 11 is 0. The van der Waals surface area contributed by atoms with Crippen LogP contribution in [0.5, 0.6) is 0 Å². The van der Waals surface area contributed by atoms with Gasteiger partial charge in [0.1, 0.15) is 0 Å². The van der Waals surface area contributed by atoms with E-state index < -0.39 is 0 Å². The molecule has 2 aliphatic rings. The zero-order valence-electron chi connectivity index (χ0n) is 10.7. The molecule has 1 saturated heterocycles. The summed E-state index contributed by atoms with van der Waals surface area (Å²) in [5.74, 6) is 0.974. The predicted octanol–water partition coefficient (Wildman–Crippen LogP) is 2.78. The van der Waals surface area contributed by atoms with Crippen molar-refractivity contribution < 1.29 is 0 Å². The molecule has 0 aromatic heterocycles. The average Bonchev–Trinajstić information content (AvgIpc) is 2.99. The number of hydrogen-bond donors (Lipinski definition) is 1. The molecule has 0 radical (unpaired) electrons. The van der Waals surface area contributed by atoms with Gasteiger partial charge in [-0.1, -0.05) is 19.1 Å². The van der Waals surface area contributed by atoms with Crippen molar-refractivity contribution in [1.29, 1.82) is 0 Å². The van der Waals surface area contributed by atoms with Crippen LogP contribution in [0.4, 0.5) is 5.69 Å². The van der Waals surface area contributed by atoms with Crippen LogP contribution in [0.15, 0.2) is 24.3 Å². The SMILES string of the molecule is CCNCc1ccc(N2CC3CCC2C3)cc1. The fourth-order valence-electron chi connectivity index (χ4n) is 3.32. The van der Waals surface area contributed by atoms with Crippen molar-refractivity contribution in [2.24, 2.45) is 5.92 Å². The van der Waals surface area contributed by atoms with Crippen molar-refractivity contribution in [2.75, 3.05) is 18.0 Å². The smallest absolute Gasteiger partial charge is 0.0369 e. The van der Waals surface area contributed by atoms with E-state index in [1.165, 1.54) is 37.1 Å². The summed E-state index contributed by atoms with van der Waals surface area (Å²) in [5.41, 5.74) is 2.82. The lowest BCUT2D eigenvalue weighted by atomic mass is 10.1. The van der Waals surface area contributed by atoms with Gasteiger partial charge in [-0.25, -0.2) is 0 Å². The van der Waals surface area contributed by atoms with Gasteiger partial charge in [-0.3, -0.25) is 0 Å². The molecule has 3 rings (SSSR count). The van der Waals surface area contributed by atoms with E-state index in [1.54, 1.807) is 0 Å². The minimum Gasteiger partial charge on any atom is -0.368 e. The molecule has 1 aliphatic carbocycles. The number of nitrogens with one attached hydrogen (secondary N) is 1. The van der Waals surface area contributed by atoms with Gasteiger partial charge >= 0.3 is 0 Å². The standard InChI is InChI=1S/C15H22N2/c1-2-16-10-12-3-6-14(7-4-12)17-11-13-5-8-15(17)9-13/h3-4,6-7,13,15-16H,2,5,8-11H2,1H3. The molecule has 2 unspecified atom stereocenters. The second-order valence-electron chi connectivity index (χ2n) is 5.43. The van der Waals surface area contributed by atoms with E-state index in [0.717, 1.165) is 25.0 Å². The molecule has 0 amide bonds. The lowest BCUT2D eigenvalue weighted by Gasteiger charge is -2.29. The van der Waals surface area contributed by atoms with Crippen LogP contribution in [0.3, 0.4) is 0 Å². The van der Waals surface area contributed by atoms with Gasteiger partial charge in [-0.2, -0.15) is 0 Å². The largest absolute Gasteiger partial charge is 0.368 e. The Labute approximate surface area is 104 Å². The first kappa shape index (κ1) is 11.1. The average molecular weight is 230 g/mol. The lowest BCUT2D eigenvalue weighted by molar-refractivity contribution is 0.553. The second-order valence-corrected chi connectivity index (χ2v) is 5.43. The van der Waals surface area contributed by atoms with Crippen LogP contribution in [0.2, 0.25) is 0 Å². The Morgan fingerprint density at radius 1 is 1.24 bits per heavy atom. The molecular formula is C15H22N2. The molecule has 1 N–H and O–H groups in total. The summed E-state index contributed by atoms with van der Waals surface area (Å²) in [7, 11) is 0. The van der Waals surface area contributed by atoms with E-state index in [1.807, 2.05) is 0 Å². The second kappa shape index (κ2) is 4.69. The van der Waals surface area contributed by atoms with Gasteiger partial charge < -0.3 is 10.2 Å². The fourth-order valence-corrected chi connectivity index (χ4v) is 3.32. The highest BCUT2D eigenvalue weighted by molar-refractivity contribution is 5.50. The van der Waals surface area contributed by atoms with Crippen LogP contribution in [0.25, 0.3) is 0 Å². The highest BCUT2D eigenvalue weighted by atomic mass is 15.2. The Balaban J connectivity index is 1.68. The van der Waals surface area contributed by atoms with Crippen molar-refractivity contribution in [3.63, 3.8) is 0 Å². The molecule has 1 aliphatic heterocycles. The highest BCUT2D eigenvalue weighted by Crippen LogP contribution is 2.40. The van der Waals surface area contributed by atoms with Crippen LogP contribution < -0.4 is 10.2 Å². The number of nitrogens with zero attached hydrogens (tertiary/aromatic N) is 1. The van der Waals surface area contributed by atoms with Crippen LogP contribution in [0.1, 0.15) is 31.7 Å². The Hall–Kier alpha value is -1.02. The van der Waals surface area contributed by atoms with Gasteiger partial charge in [-0.05, 0) is 49.4 Å². The monoisotopic (exact) mass is 230 g/mol. The van der Waals surface area contributed by atoms with Crippen molar-refractivity contribution in [3.05, 3.63) is 29.8 Å². The number of rotatable bonds is 4.